The second-order valence-electron chi connectivity index (χ2n) is 7.37. The lowest BCUT2D eigenvalue weighted by Gasteiger charge is -2.12. The summed E-state index contributed by atoms with van der Waals surface area (Å²) in [4.78, 5) is 12.1. The van der Waals surface area contributed by atoms with E-state index in [0.717, 1.165) is 22.3 Å². The molecule has 1 aromatic carbocycles. The van der Waals surface area contributed by atoms with E-state index in [-0.39, 0.29) is 11.4 Å². The summed E-state index contributed by atoms with van der Waals surface area (Å²) < 4.78 is 6.26. The van der Waals surface area contributed by atoms with E-state index < -0.39 is 0 Å². The maximum Gasteiger partial charge on any atom is 0.324 e. The van der Waals surface area contributed by atoms with Crippen LogP contribution < -0.4 is 15.4 Å². The number of benzene rings is 1. The third-order valence-electron chi connectivity index (χ3n) is 3.99. The first kappa shape index (κ1) is 18.4. The Morgan fingerprint density at radius 3 is 2.30 bits per heavy atom. The van der Waals surface area contributed by atoms with Gasteiger partial charge < -0.3 is 9.84 Å². The molecule has 0 aliphatic heterocycles. The van der Waals surface area contributed by atoms with Gasteiger partial charge in [0.25, 0.3) is 0 Å². The van der Waals surface area contributed by atoms with Gasteiger partial charge >= 0.3 is 6.03 Å². The molecule has 140 valence electrons. The molecule has 0 atom stereocenters. The van der Waals surface area contributed by atoms with Crippen LogP contribution in [0.1, 0.15) is 37.7 Å². The Balaban J connectivity index is 1.56. The molecular weight excluding hydrogens is 344 g/mol. The van der Waals surface area contributed by atoms with Crippen LogP contribution in [0.15, 0.2) is 59.4 Å². The zero-order valence-corrected chi connectivity index (χ0v) is 15.6. The molecule has 2 heterocycles. The number of nitrogens with one attached hydrogen (secondary N) is 2. The number of pyridine rings is 1. The first-order valence-corrected chi connectivity index (χ1v) is 8.63. The fourth-order valence-electron chi connectivity index (χ4n) is 2.48. The SMILES string of the molecule is CC(C)(C)c1cc(NC(=O)Nc2ccc(Cc3cc[n+](O)cc3)cc2)no1. The minimum Gasteiger partial charge on any atom is -0.359 e. The first-order chi connectivity index (χ1) is 12.8. The van der Waals surface area contributed by atoms with Gasteiger partial charge in [0.15, 0.2) is 5.82 Å². The van der Waals surface area contributed by atoms with E-state index in [2.05, 4.69) is 15.8 Å². The summed E-state index contributed by atoms with van der Waals surface area (Å²) in [7, 11) is 0. The summed E-state index contributed by atoms with van der Waals surface area (Å²) in [6, 6.07) is 12.6. The molecule has 0 aliphatic carbocycles. The van der Waals surface area contributed by atoms with Gasteiger partial charge in [-0.1, -0.05) is 38.1 Å². The molecule has 27 heavy (non-hydrogen) atoms. The highest BCUT2D eigenvalue weighted by atomic mass is 16.5. The van der Waals surface area contributed by atoms with Crippen molar-refractivity contribution in [3.63, 3.8) is 0 Å². The Morgan fingerprint density at radius 2 is 1.70 bits per heavy atom. The van der Waals surface area contributed by atoms with Crippen molar-refractivity contribution >= 4 is 17.5 Å². The number of carbonyl (C=O) groups is 1. The van der Waals surface area contributed by atoms with Crippen LogP contribution in [0.25, 0.3) is 0 Å². The summed E-state index contributed by atoms with van der Waals surface area (Å²) in [6.45, 7) is 6.03. The van der Waals surface area contributed by atoms with E-state index in [4.69, 9.17) is 4.52 Å². The molecular formula is C20H23N4O3+. The van der Waals surface area contributed by atoms with Crippen LogP contribution in [-0.2, 0) is 11.8 Å². The van der Waals surface area contributed by atoms with Gasteiger partial charge in [-0.2, -0.15) is 0 Å². The number of aromatic nitrogens is 2. The minimum atomic E-state index is -0.382. The molecule has 3 aromatic rings. The molecule has 2 aromatic heterocycles. The van der Waals surface area contributed by atoms with Crippen molar-refractivity contribution in [3.05, 3.63) is 71.7 Å². The number of amides is 2. The van der Waals surface area contributed by atoms with Crippen molar-refractivity contribution in [1.29, 1.82) is 0 Å². The lowest BCUT2D eigenvalue weighted by Crippen LogP contribution is -2.27. The van der Waals surface area contributed by atoms with Crippen molar-refractivity contribution < 1.29 is 19.3 Å². The highest BCUT2D eigenvalue weighted by Crippen LogP contribution is 2.24. The quantitative estimate of drug-likeness (QED) is 0.484. The van der Waals surface area contributed by atoms with E-state index >= 15 is 0 Å². The predicted octanol–water partition coefficient (Wildman–Crippen LogP) is 3.73. The molecule has 0 aliphatic rings. The third-order valence-corrected chi connectivity index (χ3v) is 3.99. The molecule has 0 bridgehead atoms. The largest absolute Gasteiger partial charge is 0.359 e. The summed E-state index contributed by atoms with van der Waals surface area (Å²) >= 11 is 0. The Hall–Kier alpha value is -3.35. The highest BCUT2D eigenvalue weighted by molar-refractivity contribution is 5.99. The number of nitrogens with zero attached hydrogens (tertiary/aromatic N) is 2. The van der Waals surface area contributed by atoms with Crippen molar-refractivity contribution in [2.45, 2.75) is 32.6 Å². The van der Waals surface area contributed by atoms with Crippen molar-refractivity contribution in [1.82, 2.24) is 5.16 Å². The highest BCUT2D eigenvalue weighted by Gasteiger charge is 2.20. The number of hydrogen-bond donors (Lipinski definition) is 3. The van der Waals surface area contributed by atoms with Gasteiger partial charge in [-0.3, -0.25) is 10.5 Å². The van der Waals surface area contributed by atoms with Gasteiger partial charge in [-0.25, -0.2) is 4.79 Å². The third kappa shape index (κ3) is 5.07. The molecule has 7 heteroatoms. The first-order valence-electron chi connectivity index (χ1n) is 8.63. The van der Waals surface area contributed by atoms with Crippen molar-refractivity contribution in [3.8, 4) is 0 Å². The molecule has 3 N–H and O–H groups in total. The average Bonchev–Trinajstić information content (AvgIpc) is 3.07. The van der Waals surface area contributed by atoms with E-state index in [1.165, 1.54) is 0 Å². The zero-order chi connectivity index (χ0) is 19.4. The molecule has 7 nitrogen and oxygen atoms in total. The molecule has 0 radical (unpaired) electrons. The summed E-state index contributed by atoms with van der Waals surface area (Å²) in [5, 5.41) is 18.5. The lowest BCUT2D eigenvalue weighted by atomic mass is 9.93. The van der Waals surface area contributed by atoms with Crippen molar-refractivity contribution in [2.75, 3.05) is 10.6 Å². The Morgan fingerprint density at radius 1 is 1.07 bits per heavy atom. The van der Waals surface area contributed by atoms with Crippen LogP contribution in [0.4, 0.5) is 16.3 Å². The van der Waals surface area contributed by atoms with Crippen LogP contribution in [-0.4, -0.2) is 16.4 Å². The molecule has 3 rings (SSSR count). The maximum atomic E-state index is 12.1. The Kier molecular flexibility index (Phi) is 5.12. The summed E-state index contributed by atoms with van der Waals surface area (Å²) in [5.41, 5.74) is 2.69. The molecule has 0 spiro atoms. The zero-order valence-electron chi connectivity index (χ0n) is 15.6. The van der Waals surface area contributed by atoms with Gasteiger partial charge in [0.05, 0.1) is 0 Å². The normalized spacial score (nSPS) is 11.2. The number of hydrogen-bond acceptors (Lipinski definition) is 4. The van der Waals surface area contributed by atoms with E-state index in [9.17, 15) is 10.0 Å². The smallest absolute Gasteiger partial charge is 0.324 e. The second kappa shape index (κ2) is 7.49. The van der Waals surface area contributed by atoms with Crippen molar-refractivity contribution in [2.24, 2.45) is 0 Å². The van der Waals surface area contributed by atoms with E-state index in [1.54, 1.807) is 18.5 Å². The fourth-order valence-corrected chi connectivity index (χ4v) is 2.48. The summed E-state index contributed by atoms with van der Waals surface area (Å²) in [5.74, 6) is 1.08. The number of anilines is 2. The van der Waals surface area contributed by atoms with Crippen LogP contribution in [0.5, 0.6) is 0 Å². The number of carbonyl (C=O) groups excluding carboxylic acids is 1. The molecule has 0 unspecified atom stereocenters. The van der Waals surface area contributed by atoms with Gasteiger partial charge in [0.1, 0.15) is 5.76 Å². The Bertz CT molecular complexity index is 910. The molecule has 0 fully saturated rings. The predicted molar refractivity (Wildman–Crippen MR) is 101 cm³/mol. The topological polar surface area (TPSA) is 91.3 Å². The maximum absolute atomic E-state index is 12.1. The summed E-state index contributed by atoms with van der Waals surface area (Å²) in [6.07, 6.45) is 3.91. The van der Waals surface area contributed by atoms with E-state index in [1.807, 2.05) is 57.2 Å². The van der Waals surface area contributed by atoms with Gasteiger partial charge in [0.2, 0.25) is 12.4 Å². The van der Waals surface area contributed by atoms with Gasteiger partial charge in [-0.05, 0) is 29.7 Å². The molecule has 0 saturated heterocycles. The van der Waals surface area contributed by atoms with Crippen LogP contribution in [0.3, 0.4) is 0 Å². The van der Waals surface area contributed by atoms with Crippen LogP contribution >= 0.6 is 0 Å². The lowest BCUT2D eigenvalue weighted by molar-refractivity contribution is -0.904. The standard InChI is InChI=1S/C20H22N4O3/c1-20(2,3)17-13-18(23-27-17)22-19(25)21-16-6-4-14(5-7-16)12-15-8-10-24(26)11-9-15/h4-11,13H,12H2,1-3H3,(H2-,21,22,23,25,26)/p+1. The molecule has 2 amide bonds. The van der Waals surface area contributed by atoms with Gasteiger partial charge in [-0.15, -0.1) is 0 Å². The molecule has 0 saturated carbocycles. The fraction of sp³-hybridized carbons (Fsp3) is 0.250. The Labute approximate surface area is 157 Å². The monoisotopic (exact) mass is 367 g/mol. The average molecular weight is 367 g/mol. The minimum absolute atomic E-state index is 0.171. The van der Waals surface area contributed by atoms with E-state index in [0.29, 0.717) is 17.3 Å². The number of rotatable bonds is 4. The van der Waals surface area contributed by atoms with Crippen LogP contribution in [0.2, 0.25) is 0 Å². The van der Waals surface area contributed by atoms with Crippen LogP contribution in [0, 0.1) is 0 Å². The second-order valence-corrected chi connectivity index (χ2v) is 7.37. The number of urea groups is 1. The van der Waals surface area contributed by atoms with Gasteiger partial charge in [0, 0.05) is 34.0 Å².